The van der Waals surface area contributed by atoms with Gasteiger partial charge in [0.1, 0.15) is 12.2 Å². The lowest BCUT2D eigenvalue weighted by molar-refractivity contribution is -0.116. The predicted octanol–water partition coefficient (Wildman–Crippen LogP) is 2.55. The Morgan fingerprint density at radius 2 is 1.67 bits per heavy atom. The Hall–Kier alpha value is -4.00. The van der Waals surface area contributed by atoms with Gasteiger partial charge >= 0.3 is 5.69 Å². The maximum atomic E-state index is 13.2. The molecule has 4 aromatic rings. The summed E-state index contributed by atoms with van der Waals surface area (Å²) >= 11 is 0. The number of hydrogen-bond acceptors (Lipinski definition) is 4. The molecule has 30 heavy (non-hydrogen) atoms. The third kappa shape index (κ3) is 3.77. The molecule has 1 amide bonds. The van der Waals surface area contributed by atoms with Gasteiger partial charge in [0.05, 0.1) is 11.9 Å². The van der Waals surface area contributed by atoms with E-state index in [1.807, 2.05) is 55.5 Å². The molecular formula is C23H20N4O3. The molecular weight excluding hydrogens is 380 g/mol. The molecule has 1 N–H and O–H groups in total. The molecule has 0 fully saturated rings. The summed E-state index contributed by atoms with van der Waals surface area (Å²) in [7, 11) is 0. The first-order chi connectivity index (χ1) is 14.5. The van der Waals surface area contributed by atoms with E-state index in [9.17, 15) is 14.4 Å². The Morgan fingerprint density at radius 1 is 0.933 bits per heavy atom. The van der Waals surface area contributed by atoms with Crippen molar-refractivity contribution in [2.24, 2.45) is 0 Å². The highest BCUT2D eigenvalue weighted by Gasteiger charge is 2.17. The molecule has 2 aromatic carbocycles. The number of aryl methyl sites for hydroxylation is 1. The molecule has 0 aliphatic carbocycles. The van der Waals surface area contributed by atoms with Crippen LogP contribution in [0.1, 0.15) is 11.1 Å². The first-order valence-electron chi connectivity index (χ1n) is 9.52. The average Bonchev–Trinajstić information content (AvgIpc) is 2.76. The van der Waals surface area contributed by atoms with E-state index in [0.717, 1.165) is 15.7 Å². The molecule has 7 nitrogen and oxygen atoms in total. The molecule has 0 spiro atoms. The first kappa shape index (κ1) is 19.3. The monoisotopic (exact) mass is 400 g/mol. The molecule has 0 bridgehead atoms. The van der Waals surface area contributed by atoms with Crippen molar-refractivity contribution in [1.29, 1.82) is 0 Å². The molecule has 0 atom stereocenters. The Kier molecular flexibility index (Phi) is 5.26. The minimum atomic E-state index is -0.574. The highest BCUT2D eigenvalue weighted by Crippen LogP contribution is 2.13. The normalized spacial score (nSPS) is 10.8. The summed E-state index contributed by atoms with van der Waals surface area (Å²) in [5, 5.41) is 3.11. The van der Waals surface area contributed by atoms with Crippen LogP contribution in [0.2, 0.25) is 0 Å². The quantitative estimate of drug-likeness (QED) is 0.558. The van der Waals surface area contributed by atoms with Crippen molar-refractivity contribution in [3.8, 4) is 0 Å². The second-order valence-electron chi connectivity index (χ2n) is 6.98. The van der Waals surface area contributed by atoms with Crippen LogP contribution in [0.25, 0.3) is 11.0 Å². The van der Waals surface area contributed by atoms with E-state index in [4.69, 9.17) is 0 Å². The van der Waals surface area contributed by atoms with Gasteiger partial charge in [-0.15, -0.1) is 0 Å². The van der Waals surface area contributed by atoms with Crippen LogP contribution in [0.5, 0.6) is 0 Å². The first-order valence-corrected chi connectivity index (χ1v) is 9.52. The average molecular weight is 400 g/mol. The number of nitrogens with one attached hydrogen (secondary N) is 1. The van der Waals surface area contributed by atoms with E-state index in [0.29, 0.717) is 5.69 Å². The topological polar surface area (TPSA) is 86.0 Å². The van der Waals surface area contributed by atoms with Gasteiger partial charge in [-0.05, 0) is 36.2 Å². The smallest absolute Gasteiger partial charge is 0.324 e. The number of pyridine rings is 1. The number of anilines is 1. The number of rotatable bonds is 5. The van der Waals surface area contributed by atoms with Crippen LogP contribution >= 0.6 is 0 Å². The summed E-state index contributed by atoms with van der Waals surface area (Å²) < 4.78 is 2.38. The van der Waals surface area contributed by atoms with Crippen molar-refractivity contribution in [1.82, 2.24) is 14.1 Å². The number of para-hydroxylation sites is 1. The van der Waals surface area contributed by atoms with E-state index in [2.05, 4.69) is 10.3 Å². The largest absolute Gasteiger partial charge is 0.333 e. The fourth-order valence-electron chi connectivity index (χ4n) is 3.34. The molecule has 0 unspecified atom stereocenters. The molecule has 4 rings (SSSR count). The number of benzene rings is 2. The highest BCUT2D eigenvalue weighted by atomic mass is 16.2. The van der Waals surface area contributed by atoms with E-state index < -0.39 is 11.2 Å². The zero-order chi connectivity index (χ0) is 21.1. The summed E-state index contributed by atoms with van der Waals surface area (Å²) in [6.45, 7) is 1.75. The Bertz CT molecular complexity index is 1340. The van der Waals surface area contributed by atoms with Crippen LogP contribution in [-0.2, 0) is 17.9 Å². The lowest BCUT2D eigenvalue weighted by atomic mass is 10.2. The summed E-state index contributed by atoms with van der Waals surface area (Å²) in [5.74, 6) is -0.372. The van der Waals surface area contributed by atoms with Crippen LogP contribution in [0.4, 0.5) is 5.69 Å². The summed E-state index contributed by atoms with van der Waals surface area (Å²) in [4.78, 5) is 43.0. The predicted molar refractivity (Wildman–Crippen MR) is 116 cm³/mol. The Labute approximate surface area is 172 Å². The van der Waals surface area contributed by atoms with Crippen LogP contribution in [0, 0.1) is 6.92 Å². The zero-order valence-corrected chi connectivity index (χ0v) is 16.4. The number of hydrogen-bond donors (Lipinski definition) is 1. The fourth-order valence-corrected chi connectivity index (χ4v) is 3.34. The molecule has 150 valence electrons. The lowest BCUT2D eigenvalue weighted by Crippen LogP contribution is -2.42. The molecule has 0 saturated carbocycles. The minimum Gasteiger partial charge on any atom is -0.324 e. The summed E-state index contributed by atoms with van der Waals surface area (Å²) in [6.07, 6.45) is 1.50. The molecule has 2 heterocycles. The van der Waals surface area contributed by atoms with E-state index in [1.165, 1.54) is 10.8 Å². The van der Waals surface area contributed by atoms with Crippen molar-refractivity contribution in [3.05, 3.63) is 105 Å². The SMILES string of the molecule is Cc1ccccc1NC(=O)Cn1c(=O)n(Cc2ccccc2)c(=O)c2cccnc21. The number of amides is 1. The van der Waals surface area contributed by atoms with Gasteiger partial charge in [-0.2, -0.15) is 0 Å². The standard InChI is InChI=1S/C23H20N4O3/c1-16-8-5-6-12-19(16)25-20(28)15-26-21-18(11-7-13-24-21)22(29)27(23(26)30)14-17-9-3-2-4-10-17/h2-13H,14-15H2,1H3,(H,25,28). The fraction of sp³-hybridized carbons (Fsp3) is 0.130. The van der Waals surface area contributed by atoms with Gasteiger partial charge in [-0.1, -0.05) is 48.5 Å². The third-order valence-corrected chi connectivity index (χ3v) is 4.88. The van der Waals surface area contributed by atoms with E-state index in [-0.39, 0.29) is 30.0 Å². The van der Waals surface area contributed by atoms with Crippen LogP contribution in [-0.4, -0.2) is 20.0 Å². The maximum absolute atomic E-state index is 13.2. The zero-order valence-electron chi connectivity index (χ0n) is 16.4. The number of carbonyl (C=O) groups excluding carboxylic acids is 1. The molecule has 0 aliphatic heterocycles. The van der Waals surface area contributed by atoms with Crippen molar-refractivity contribution in [2.45, 2.75) is 20.0 Å². The molecule has 0 aliphatic rings. The van der Waals surface area contributed by atoms with Gasteiger partial charge in [-0.3, -0.25) is 18.7 Å². The minimum absolute atomic E-state index is 0.114. The number of nitrogens with zero attached hydrogens (tertiary/aromatic N) is 3. The van der Waals surface area contributed by atoms with Gasteiger partial charge in [0.25, 0.3) is 5.56 Å². The summed E-state index contributed by atoms with van der Waals surface area (Å²) in [5.41, 5.74) is 1.59. The van der Waals surface area contributed by atoms with Crippen molar-refractivity contribution >= 4 is 22.6 Å². The number of aromatic nitrogens is 3. The van der Waals surface area contributed by atoms with E-state index >= 15 is 0 Å². The van der Waals surface area contributed by atoms with Gasteiger partial charge in [-0.25, -0.2) is 9.78 Å². The van der Waals surface area contributed by atoms with Crippen LogP contribution < -0.4 is 16.6 Å². The Morgan fingerprint density at radius 3 is 2.43 bits per heavy atom. The molecule has 0 saturated heterocycles. The second kappa shape index (κ2) is 8.16. The number of carbonyl (C=O) groups is 1. The van der Waals surface area contributed by atoms with Crippen LogP contribution in [0.15, 0.2) is 82.5 Å². The lowest BCUT2D eigenvalue weighted by Gasteiger charge is -2.14. The third-order valence-electron chi connectivity index (χ3n) is 4.88. The molecule has 0 radical (unpaired) electrons. The van der Waals surface area contributed by atoms with Gasteiger partial charge in [0.2, 0.25) is 5.91 Å². The van der Waals surface area contributed by atoms with E-state index in [1.54, 1.807) is 18.2 Å². The van der Waals surface area contributed by atoms with Gasteiger partial charge in [0.15, 0.2) is 0 Å². The van der Waals surface area contributed by atoms with Crippen molar-refractivity contribution in [2.75, 3.05) is 5.32 Å². The van der Waals surface area contributed by atoms with Gasteiger partial charge < -0.3 is 5.32 Å². The second-order valence-corrected chi connectivity index (χ2v) is 6.98. The van der Waals surface area contributed by atoms with Crippen molar-refractivity contribution < 1.29 is 4.79 Å². The number of fused-ring (bicyclic) bond motifs is 1. The maximum Gasteiger partial charge on any atom is 0.333 e. The highest BCUT2D eigenvalue weighted by molar-refractivity contribution is 5.92. The Balaban J connectivity index is 1.77. The molecule has 2 aromatic heterocycles. The summed E-state index contributed by atoms with van der Waals surface area (Å²) in [6, 6.07) is 19.9. The molecule has 7 heteroatoms. The van der Waals surface area contributed by atoms with Crippen LogP contribution in [0.3, 0.4) is 0 Å². The van der Waals surface area contributed by atoms with Crippen molar-refractivity contribution in [3.63, 3.8) is 0 Å². The van der Waals surface area contributed by atoms with Gasteiger partial charge in [0, 0.05) is 11.9 Å².